The second kappa shape index (κ2) is 12.9. The van der Waals surface area contributed by atoms with E-state index in [2.05, 4.69) is 83.9 Å². The highest BCUT2D eigenvalue weighted by Gasteiger charge is 2.13. The number of hydrogen-bond donors (Lipinski definition) is 0. The first kappa shape index (κ1) is 27.6. The van der Waals surface area contributed by atoms with Gasteiger partial charge < -0.3 is 13.9 Å². The zero-order valence-corrected chi connectivity index (χ0v) is 23.7. The van der Waals surface area contributed by atoms with Crippen LogP contribution in [0.5, 0.6) is 0 Å². The molecule has 5 rings (SSSR count). The Morgan fingerprint density at radius 3 is 1.63 bits per heavy atom. The lowest BCUT2D eigenvalue weighted by molar-refractivity contribution is 0.332. The lowest BCUT2D eigenvalue weighted by Crippen LogP contribution is -1.98. The lowest BCUT2D eigenvalue weighted by atomic mass is 10.0. The fraction of sp³-hybridized carbons (Fsp3) is 0.222. The Balaban J connectivity index is 1.44. The van der Waals surface area contributed by atoms with Crippen LogP contribution in [0, 0.1) is 22.7 Å². The summed E-state index contributed by atoms with van der Waals surface area (Å²) in [4.78, 5) is 0. The number of hydrogen-bond acceptors (Lipinski definition) is 3. The van der Waals surface area contributed by atoms with E-state index in [-0.39, 0.29) is 5.57 Å². The maximum Gasteiger partial charge on any atom is 0.137 e. The predicted molar refractivity (Wildman–Crippen MR) is 167 cm³/mol. The number of ether oxygens (including phenoxy) is 1. The quantitative estimate of drug-likeness (QED) is 0.189. The average molecular weight is 539 g/mol. The van der Waals surface area contributed by atoms with E-state index in [0.717, 1.165) is 49.9 Å². The number of fused-ring (bicyclic) bond motifs is 2. The van der Waals surface area contributed by atoms with Crippen LogP contribution in [0.1, 0.15) is 50.7 Å². The van der Waals surface area contributed by atoms with Crippen LogP contribution in [0.3, 0.4) is 0 Å². The number of nitrogens with zero attached hydrogens (tertiary/aromatic N) is 4. The Morgan fingerprint density at radius 1 is 0.707 bits per heavy atom. The van der Waals surface area contributed by atoms with Crippen molar-refractivity contribution in [2.24, 2.45) is 0 Å². The molecule has 2 aromatic carbocycles. The molecule has 0 spiro atoms. The van der Waals surface area contributed by atoms with Crippen LogP contribution in [0.4, 0.5) is 0 Å². The first-order valence-corrected chi connectivity index (χ1v) is 14.3. The number of aryl methyl sites for hydroxylation is 2. The smallest absolute Gasteiger partial charge is 0.137 e. The van der Waals surface area contributed by atoms with Gasteiger partial charge in [-0.15, -0.1) is 0 Å². The van der Waals surface area contributed by atoms with Gasteiger partial charge >= 0.3 is 0 Å². The highest BCUT2D eigenvalue weighted by Crippen LogP contribution is 2.28. The van der Waals surface area contributed by atoms with Crippen LogP contribution in [0.2, 0.25) is 0 Å². The van der Waals surface area contributed by atoms with Gasteiger partial charge in [0.1, 0.15) is 29.2 Å². The summed E-state index contributed by atoms with van der Waals surface area (Å²) in [6, 6.07) is 20.9. The van der Waals surface area contributed by atoms with Crippen molar-refractivity contribution in [3.05, 3.63) is 119 Å². The van der Waals surface area contributed by atoms with Crippen LogP contribution < -0.4 is 0 Å². The molecule has 0 atom stereocenters. The zero-order chi connectivity index (χ0) is 28.6. The van der Waals surface area contributed by atoms with E-state index in [1.54, 1.807) is 12.2 Å². The second-order valence-corrected chi connectivity index (χ2v) is 10.2. The molecule has 0 aliphatic carbocycles. The third-order valence-electron chi connectivity index (χ3n) is 7.40. The van der Waals surface area contributed by atoms with E-state index in [9.17, 15) is 10.5 Å². The monoisotopic (exact) mass is 538 g/mol. The maximum atomic E-state index is 9.56. The molecule has 1 aliphatic rings. The molecule has 1 aliphatic heterocycles. The SMILES string of the molecule is CCCCn1ccc2c(/C=C/C3=CC(=C(C#N)C#N)C=C(/C=C/c4cccc5c4ccn5CCCC)O3)cccc21. The average Bonchev–Trinajstić information content (AvgIpc) is 3.62. The fourth-order valence-electron chi connectivity index (χ4n) is 5.18. The Labute approximate surface area is 241 Å². The number of allylic oxidation sites excluding steroid dienone is 6. The van der Waals surface area contributed by atoms with Crippen molar-refractivity contribution in [2.75, 3.05) is 0 Å². The molecule has 0 bridgehead atoms. The Bertz CT molecular complexity index is 1680. The normalized spacial score (nSPS) is 13.4. The lowest BCUT2D eigenvalue weighted by Gasteiger charge is -2.14. The van der Waals surface area contributed by atoms with Crippen molar-refractivity contribution >= 4 is 34.0 Å². The molecule has 2 aromatic heterocycles. The molecule has 0 saturated carbocycles. The summed E-state index contributed by atoms with van der Waals surface area (Å²) < 4.78 is 10.8. The number of rotatable bonds is 10. The molecule has 0 radical (unpaired) electrons. The van der Waals surface area contributed by atoms with Crippen molar-refractivity contribution in [1.29, 1.82) is 10.5 Å². The van der Waals surface area contributed by atoms with Crippen molar-refractivity contribution in [3.8, 4) is 12.1 Å². The minimum atomic E-state index is 0.0512. The number of nitriles is 2. The number of unbranched alkanes of at least 4 members (excludes halogenated alkanes) is 2. The van der Waals surface area contributed by atoms with Gasteiger partial charge in [-0.1, -0.05) is 63.1 Å². The van der Waals surface area contributed by atoms with Crippen molar-refractivity contribution in [3.63, 3.8) is 0 Å². The van der Waals surface area contributed by atoms with Gasteiger partial charge in [0.25, 0.3) is 0 Å². The minimum absolute atomic E-state index is 0.0512. The van der Waals surface area contributed by atoms with Gasteiger partial charge in [0.05, 0.1) is 0 Å². The molecule has 0 unspecified atom stereocenters. The summed E-state index contributed by atoms with van der Waals surface area (Å²) in [5, 5.41) is 21.5. The predicted octanol–water partition coefficient (Wildman–Crippen LogP) is 9.06. The van der Waals surface area contributed by atoms with E-state index in [4.69, 9.17) is 4.74 Å². The van der Waals surface area contributed by atoms with Gasteiger partial charge in [-0.25, -0.2) is 0 Å². The van der Waals surface area contributed by atoms with Crippen LogP contribution >= 0.6 is 0 Å². The van der Waals surface area contributed by atoms with E-state index in [1.807, 2.05) is 36.4 Å². The van der Waals surface area contributed by atoms with E-state index >= 15 is 0 Å². The standard InChI is InChI=1S/C36H34N4O/c1-3-5-19-39-21-17-33-27(9-7-11-35(33)39)13-15-31-23-29(30(25-37)26-38)24-32(41-31)16-14-28-10-8-12-36-34(28)18-22-40(36)20-6-4-2/h7-18,21-24H,3-6,19-20H2,1-2H3/b15-13+,16-14+. The summed E-state index contributed by atoms with van der Waals surface area (Å²) in [5.41, 5.74) is 5.16. The van der Waals surface area contributed by atoms with E-state index in [0.29, 0.717) is 17.1 Å². The van der Waals surface area contributed by atoms with Gasteiger partial charge in [0.15, 0.2) is 0 Å². The summed E-state index contributed by atoms with van der Waals surface area (Å²) >= 11 is 0. The highest BCUT2D eigenvalue weighted by molar-refractivity contribution is 5.90. The van der Waals surface area contributed by atoms with Crippen LogP contribution in [0.25, 0.3) is 34.0 Å². The number of benzene rings is 2. The van der Waals surface area contributed by atoms with Gasteiger partial charge in [0, 0.05) is 52.9 Å². The maximum absolute atomic E-state index is 9.56. The fourth-order valence-corrected chi connectivity index (χ4v) is 5.18. The molecule has 4 aromatic rings. The molecule has 41 heavy (non-hydrogen) atoms. The summed E-state index contributed by atoms with van der Waals surface area (Å²) in [6.45, 7) is 6.40. The minimum Gasteiger partial charge on any atom is -0.457 e. The van der Waals surface area contributed by atoms with Crippen LogP contribution in [0.15, 0.2) is 108 Å². The summed E-state index contributed by atoms with van der Waals surface area (Å²) in [5.74, 6) is 1.13. The molecule has 3 heterocycles. The third-order valence-corrected chi connectivity index (χ3v) is 7.40. The summed E-state index contributed by atoms with van der Waals surface area (Å²) in [7, 11) is 0. The largest absolute Gasteiger partial charge is 0.457 e. The zero-order valence-electron chi connectivity index (χ0n) is 23.7. The highest BCUT2D eigenvalue weighted by atomic mass is 16.5. The Hall–Kier alpha value is -5.00. The molecular weight excluding hydrogens is 504 g/mol. The third kappa shape index (κ3) is 6.11. The topological polar surface area (TPSA) is 66.7 Å². The molecule has 0 saturated heterocycles. The Morgan fingerprint density at radius 2 is 1.20 bits per heavy atom. The van der Waals surface area contributed by atoms with Gasteiger partial charge in [-0.05, 0) is 72.5 Å². The molecule has 5 heteroatoms. The summed E-state index contributed by atoms with van der Waals surface area (Å²) in [6.07, 6.45) is 20.2. The first-order valence-electron chi connectivity index (χ1n) is 14.3. The molecule has 5 nitrogen and oxygen atoms in total. The molecule has 204 valence electrons. The van der Waals surface area contributed by atoms with Crippen molar-refractivity contribution in [1.82, 2.24) is 9.13 Å². The molecule has 0 fully saturated rings. The first-order chi connectivity index (χ1) is 20.1. The van der Waals surface area contributed by atoms with Crippen molar-refractivity contribution < 1.29 is 4.74 Å². The van der Waals surface area contributed by atoms with Gasteiger partial charge in [0.2, 0.25) is 0 Å². The Kier molecular flexibility index (Phi) is 8.67. The van der Waals surface area contributed by atoms with Crippen molar-refractivity contribution in [2.45, 2.75) is 52.6 Å². The van der Waals surface area contributed by atoms with Crippen LogP contribution in [-0.4, -0.2) is 9.13 Å². The van der Waals surface area contributed by atoms with E-state index in [1.165, 1.54) is 21.8 Å². The van der Waals surface area contributed by atoms with E-state index < -0.39 is 0 Å². The number of aromatic nitrogens is 2. The second-order valence-electron chi connectivity index (χ2n) is 10.2. The molecule has 0 N–H and O–H groups in total. The van der Waals surface area contributed by atoms with Crippen LogP contribution in [-0.2, 0) is 17.8 Å². The molecule has 0 amide bonds. The van der Waals surface area contributed by atoms with Gasteiger partial charge in [-0.2, -0.15) is 10.5 Å². The molecular formula is C36H34N4O. The van der Waals surface area contributed by atoms with Gasteiger partial charge in [-0.3, -0.25) is 0 Å².